The van der Waals surface area contributed by atoms with E-state index in [4.69, 9.17) is 9.52 Å². The maximum atomic E-state index is 12.1. The van der Waals surface area contributed by atoms with Crippen LogP contribution in [0.2, 0.25) is 0 Å². The van der Waals surface area contributed by atoms with Gasteiger partial charge in [-0.3, -0.25) is 4.79 Å². The van der Waals surface area contributed by atoms with Crippen molar-refractivity contribution in [3.63, 3.8) is 0 Å². The molecule has 0 amide bonds. The summed E-state index contributed by atoms with van der Waals surface area (Å²) in [5.74, 6) is 0.437. The largest absolute Gasteiger partial charge is 0.440 e. The van der Waals surface area contributed by atoms with E-state index in [9.17, 15) is 4.79 Å². The Labute approximate surface area is 115 Å². The van der Waals surface area contributed by atoms with Crippen LogP contribution in [0, 0.1) is 0 Å². The molecule has 102 valence electrons. The Morgan fingerprint density at radius 2 is 1.95 bits per heavy atom. The first-order chi connectivity index (χ1) is 9.79. The molecule has 0 aliphatic carbocycles. The normalized spacial score (nSPS) is 11.1. The van der Waals surface area contributed by atoms with E-state index in [1.54, 1.807) is 6.07 Å². The molecular weight excluding hydrogens is 254 g/mol. The molecule has 0 fully saturated rings. The average Bonchev–Trinajstić information content (AvgIpc) is 2.47. The fraction of sp³-hybridized carbons (Fsp3) is 0.188. The third-order valence-corrected chi connectivity index (χ3v) is 3.25. The Hall–Kier alpha value is -2.33. The van der Waals surface area contributed by atoms with Gasteiger partial charge >= 0.3 is 0 Å². The van der Waals surface area contributed by atoms with Crippen molar-refractivity contribution in [1.29, 1.82) is 0 Å². The Kier molecular flexibility index (Phi) is 3.39. The predicted molar refractivity (Wildman–Crippen MR) is 80.2 cm³/mol. The molecule has 0 radical (unpaired) electrons. The Bertz CT molecular complexity index is 808. The van der Waals surface area contributed by atoms with E-state index in [-0.39, 0.29) is 12.0 Å². The molecule has 0 unspecified atom stereocenters. The molecule has 20 heavy (non-hydrogen) atoms. The van der Waals surface area contributed by atoms with E-state index in [1.807, 2.05) is 30.3 Å². The summed E-state index contributed by atoms with van der Waals surface area (Å²) in [6.45, 7) is 0.670. The highest BCUT2D eigenvalue weighted by atomic mass is 16.3. The van der Waals surface area contributed by atoms with Gasteiger partial charge in [-0.15, -0.1) is 0 Å². The summed E-state index contributed by atoms with van der Waals surface area (Å²) >= 11 is 0. The molecule has 0 aliphatic rings. The van der Waals surface area contributed by atoms with Crippen LogP contribution in [0.3, 0.4) is 0 Å². The van der Waals surface area contributed by atoms with Crippen molar-refractivity contribution in [3.05, 3.63) is 52.7 Å². The lowest BCUT2D eigenvalue weighted by atomic mass is 10.1. The first kappa shape index (κ1) is 12.7. The Morgan fingerprint density at radius 1 is 1.10 bits per heavy atom. The second-order valence-electron chi connectivity index (χ2n) is 4.64. The van der Waals surface area contributed by atoms with Crippen molar-refractivity contribution in [1.82, 2.24) is 0 Å². The summed E-state index contributed by atoms with van der Waals surface area (Å²) in [6.07, 6.45) is 0.608. The maximum absolute atomic E-state index is 12.1. The van der Waals surface area contributed by atoms with Crippen molar-refractivity contribution in [2.75, 3.05) is 18.5 Å². The lowest BCUT2D eigenvalue weighted by Gasteiger charge is -2.07. The molecular formula is C16H15NO3. The van der Waals surface area contributed by atoms with Gasteiger partial charge in [-0.1, -0.05) is 30.3 Å². The zero-order valence-corrected chi connectivity index (χ0v) is 10.9. The number of hydrogen-bond acceptors (Lipinski definition) is 4. The number of benzene rings is 2. The van der Waals surface area contributed by atoms with Crippen molar-refractivity contribution < 1.29 is 9.52 Å². The number of aliphatic hydroxyl groups excluding tert-OH is 1. The van der Waals surface area contributed by atoms with Gasteiger partial charge in [0.05, 0.1) is 5.39 Å². The van der Waals surface area contributed by atoms with Crippen LogP contribution in [0.4, 0.5) is 5.88 Å². The van der Waals surface area contributed by atoms with Gasteiger partial charge in [0.2, 0.25) is 0 Å². The summed E-state index contributed by atoms with van der Waals surface area (Å²) in [7, 11) is 0. The molecule has 0 atom stereocenters. The molecule has 3 rings (SSSR count). The SMILES string of the molecule is O=c1cc(NCCCO)oc2c1ccc1ccccc12. The fourth-order valence-corrected chi connectivity index (χ4v) is 2.26. The minimum Gasteiger partial charge on any atom is -0.440 e. The summed E-state index contributed by atoms with van der Waals surface area (Å²) in [5.41, 5.74) is 0.533. The molecule has 0 bridgehead atoms. The topological polar surface area (TPSA) is 62.5 Å². The van der Waals surface area contributed by atoms with Gasteiger partial charge in [-0.2, -0.15) is 0 Å². The van der Waals surface area contributed by atoms with Gasteiger partial charge in [0, 0.05) is 24.6 Å². The van der Waals surface area contributed by atoms with Crippen LogP contribution in [0.25, 0.3) is 21.7 Å². The molecule has 1 aromatic heterocycles. The van der Waals surface area contributed by atoms with Crippen LogP contribution in [0.5, 0.6) is 0 Å². The molecule has 0 saturated carbocycles. The lowest BCUT2D eigenvalue weighted by Crippen LogP contribution is -2.07. The molecule has 1 heterocycles. The van der Waals surface area contributed by atoms with Gasteiger partial charge in [0.15, 0.2) is 11.3 Å². The number of fused-ring (bicyclic) bond motifs is 3. The highest BCUT2D eigenvalue weighted by molar-refractivity contribution is 6.04. The quantitative estimate of drug-likeness (QED) is 0.564. The molecule has 0 spiro atoms. The molecule has 2 N–H and O–H groups in total. The van der Waals surface area contributed by atoms with Crippen LogP contribution in [-0.4, -0.2) is 18.3 Å². The van der Waals surface area contributed by atoms with Crippen LogP contribution in [0.15, 0.2) is 51.7 Å². The Balaban J connectivity index is 2.17. The van der Waals surface area contributed by atoms with Gasteiger partial charge in [-0.25, -0.2) is 0 Å². The lowest BCUT2D eigenvalue weighted by molar-refractivity contribution is 0.292. The smallest absolute Gasteiger partial charge is 0.197 e. The summed E-state index contributed by atoms with van der Waals surface area (Å²) in [6, 6.07) is 13.0. The van der Waals surface area contributed by atoms with Crippen molar-refractivity contribution in [3.8, 4) is 0 Å². The highest BCUT2D eigenvalue weighted by Crippen LogP contribution is 2.25. The average molecular weight is 269 g/mol. The third kappa shape index (κ3) is 2.26. The number of rotatable bonds is 4. The van der Waals surface area contributed by atoms with Crippen LogP contribution < -0.4 is 10.7 Å². The minimum atomic E-state index is -0.0662. The van der Waals surface area contributed by atoms with Gasteiger partial charge in [0.25, 0.3) is 0 Å². The van der Waals surface area contributed by atoms with Crippen LogP contribution in [0.1, 0.15) is 6.42 Å². The number of aliphatic hydroxyl groups is 1. The summed E-state index contributed by atoms with van der Waals surface area (Å²) in [5, 5.41) is 14.3. The number of anilines is 1. The molecule has 3 aromatic rings. The van der Waals surface area contributed by atoms with E-state index < -0.39 is 0 Å². The molecule has 0 saturated heterocycles. The molecule has 0 aliphatic heterocycles. The highest BCUT2D eigenvalue weighted by Gasteiger charge is 2.07. The first-order valence-electron chi connectivity index (χ1n) is 6.60. The fourth-order valence-electron chi connectivity index (χ4n) is 2.26. The predicted octanol–water partition coefficient (Wildman–Crippen LogP) is 2.74. The van der Waals surface area contributed by atoms with Crippen molar-refractivity contribution in [2.45, 2.75) is 6.42 Å². The van der Waals surface area contributed by atoms with E-state index in [0.29, 0.717) is 29.8 Å². The summed E-state index contributed by atoms with van der Waals surface area (Å²) in [4.78, 5) is 12.1. The molecule has 4 heteroatoms. The van der Waals surface area contributed by atoms with Crippen LogP contribution >= 0.6 is 0 Å². The van der Waals surface area contributed by atoms with E-state index >= 15 is 0 Å². The van der Waals surface area contributed by atoms with E-state index in [2.05, 4.69) is 5.32 Å². The molecule has 4 nitrogen and oxygen atoms in total. The zero-order chi connectivity index (χ0) is 13.9. The maximum Gasteiger partial charge on any atom is 0.197 e. The second kappa shape index (κ2) is 5.35. The van der Waals surface area contributed by atoms with Crippen LogP contribution in [-0.2, 0) is 0 Å². The van der Waals surface area contributed by atoms with Crippen molar-refractivity contribution in [2.24, 2.45) is 0 Å². The third-order valence-electron chi connectivity index (χ3n) is 3.25. The monoisotopic (exact) mass is 269 g/mol. The summed E-state index contributed by atoms with van der Waals surface area (Å²) < 4.78 is 5.81. The van der Waals surface area contributed by atoms with Gasteiger partial charge < -0.3 is 14.8 Å². The zero-order valence-electron chi connectivity index (χ0n) is 10.9. The van der Waals surface area contributed by atoms with Crippen molar-refractivity contribution >= 4 is 27.6 Å². The molecule has 2 aromatic carbocycles. The Morgan fingerprint density at radius 3 is 2.80 bits per heavy atom. The minimum absolute atomic E-state index is 0.0662. The standard InChI is InChI=1S/C16H15NO3/c18-9-3-8-17-15-10-14(19)13-7-6-11-4-1-2-5-12(11)16(13)20-15/h1-2,4-7,10,17-18H,3,8-9H2. The van der Waals surface area contributed by atoms with E-state index in [0.717, 1.165) is 10.8 Å². The first-order valence-corrected chi connectivity index (χ1v) is 6.60. The number of hydrogen-bond donors (Lipinski definition) is 2. The van der Waals surface area contributed by atoms with E-state index in [1.165, 1.54) is 6.07 Å². The van der Waals surface area contributed by atoms with Gasteiger partial charge in [0.1, 0.15) is 5.58 Å². The number of nitrogens with one attached hydrogen (secondary N) is 1. The van der Waals surface area contributed by atoms with Gasteiger partial charge in [-0.05, 0) is 17.9 Å². The second-order valence-corrected chi connectivity index (χ2v) is 4.64.